The number of carbonyl (C=O) groups is 1. The number of rotatable bonds is 6. The minimum atomic E-state index is -0.525. The lowest BCUT2D eigenvalue weighted by molar-refractivity contribution is 0.1000. The van der Waals surface area contributed by atoms with E-state index in [9.17, 15) is 4.79 Å². The van der Waals surface area contributed by atoms with Crippen LogP contribution in [-0.2, 0) is 0 Å². The average molecular weight is 264 g/mol. The van der Waals surface area contributed by atoms with E-state index in [-0.39, 0.29) is 6.61 Å². The van der Waals surface area contributed by atoms with Crippen LogP contribution >= 0.6 is 0 Å². The Labute approximate surface area is 112 Å². The second-order valence-electron chi connectivity index (χ2n) is 4.86. The van der Waals surface area contributed by atoms with E-state index in [1.807, 2.05) is 0 Å². The van der Waals surface area contributed by atoms with Gasteiger partial charge in [0.2, 0.25) is 0 Å². The second kappa shape index (κ2) is 5.88. The molecule has 0 bridgehead atoms. The number of pyridine rings is 1. The van der Waals surface area contributed by atoms with Gasteiger partial charge in [0.1, 0.15) is 5.82 Å². The van der Waals surface area contributed by atoms with Crippen molar-refractivity contribution in [1.29, 1.82) is 0 Å². The molecule has 5 N–H and O–H groups in total. The van der Waals surface area contributed by atoms with E-state index >= 15 is 0 Å². The van der Waals surface area contributed by atoms with E-state index in [4.69, 9.17) is 16.6 Å². The van der Waals surface area contributed by atoms with Gasteiger partial charge in [0, 0.05) is 19.2 Å². The topological polar surface area (TPSA) is 105 Å². The van der Waals surface area contributed by atoms with Gasteiger partial charge in [0.15, 0.2) is 0 Å². The molecule has 0 aliphatic heterocycles. The van der Waals surface area contributed by atoms with Gasteiger partial charge >= 0.3 is 0 Å². The number of nitrogens with two attached hydrogens (primary N) is 2. The van der Waals surface area contributed by atoms with Crippen molar-refractivity contribution in [3.05, 3.63) is 17.8 Å². The zero-order valence-corrected chi connectivity index (χ0v) is 10.9. The van der Waals surface area contributed by atoms with Crippen LogP contribution in [0.2, 0.25) is 0 Å². The molecule has 1 heterocycles. The quantitative estimate of drug-likeness (QED) is 0.694. The number of aromatic nitrogens is 1. The van der Waals surface area contributed by atoms with E-state index in [2.05, 4.69) is 9.88 Å². The molecule has 1 aromatic rings. The molecule has 1 aromatic heterocycles. The Bertz CT molecular complexity index is 460. The zero-order valence-electron chi connectivity index (χ0n) is 10.9. The van der Waals surface area contributed by atoms with E-state index in [0.717, 1.165) is 12.8 Å². The maximum absolute atomic E-state index is 11.5. The van der Waals surface area contributed by atoms with Crippen molar-refractivity contribution in [3.8, 4) is 0 Å². The Morgan fingerprint density at radius 2 is 2.26 bits per heavy atom. The number of primary amides is 1. The number of anilines is 2. The molecule has 1 saturated carbocycles. The molecule has 0 aromatic carbocycles. The highest BCUT2D eigenvalue weighted by Gasteiger charge is 2.28. The van der Waals surface area contributed by atoms with Crippen molar-refractivity contribution in [3.63, 3.8) is 0 Å². The highest BCUT2D eigenvalue weighted by Crippen LogP contribution is 2.31. The molecule has 1 fully saturated rings. The van der Waals surface area contributed by atoms with Crippen LogP contribution in [0.25, 0.3) is 0 Å². The van der Waals surface area contributed by atoms with Crippen molar-refractivity contribution in [1.82, 2.24) is 4.98 Å². The smallest absolute Gasteiger partial charge is 0.252 e. The molecule has 19 heavy (non-hydrogen) atoms. The fourth-order valence-electron chi connectivity index (χ4n) is 2.28. The fourth-order valence-corrected chi connectivity index (χ4v) is 2.28. The summed E-state index contributed by atoms with van der Waals surface area (Å²) in [7, 11) is 0. The second-order valence-corrected chi connectivity index (χ2v) is 4.86. The third kappa shape index (κ3) is 2.96. The first-order chi connectivity index (χ1) is 9.13. The molecule has 0 radical (unpaired) electrons. The standard InChI is InChI=1S/C13H20N4O2/c14-9-7-11(12(15)19)13(16-8-9)17(5-2-6-18)10-3-1-4-10/h7-8,10,18H,1-6,14H2,(H2,15,19). The largest absolute Gasteiger partial charge is 0.397 e. The minimum Gasteiger partial charge on any atom is -0.397 e. The van der Waals surface area contributed by atoms with E-state index in [1.165, 1.54) is 12.6 Å². The Morgan fingerprint density at radius 3 is 2.79 bits per heavy atom. The Kier molecular flexibility index (Phi) is 4.21. The van der Waals surface area contributed by atoms with Crippen LogP contribution in [-0.4, -0.2) is 35.2 Å². The number of aliphatic hydroxyl groups excluding tert-OH is 1. The van der Waals surface area contributed by atoms with Crippen molar-refractivity contribution >= 4 is 17.4 Å². The number of carbonyl (C=O) groups excluding carboxylic acids is 1. The van der Waals surface area contributed by atoms with Crippen LogP contribution in [0.1, 0.15) is 36.0 Å². The molecule has 0 unspecified atom stereocenters. The highest BCUT2D eigenvalue weighted by molar-refractivity contribution is 5.98. The maximum atomic E-state index is 11.5. The molecular formula is C13H20N4O2. The van der Waals surface area contributed by atoms with Gasteiger partial charge in [-0.2, -0.15) is 0 Å². The van der Waals surface area contributed by atoms with Gasteiger partial charge in [0.05, 0.1) is 17.4 Å². The van der Waals surface area contributed by atoms with Crippen LogP contribution in [0.4, 0.5) is 11.5 Å². The molecule has 0 atom stereocenters. The van der Waals surface area contributed by atoms with Crippen molar-refractivity contribution in [2.24, 2.45) is 5.73 Å². The Hall–Kier alpha value is -1.82. The summed E-state index contributed by atoms with van der Waals surface area (Å²) in [6.07, 6.45) is 5.51. The van der Waals surface area contributed by atoms with Gasteiger partial charge in [-0.1, -0.05) is 0 Å². The molecule has 2 rings (SSSR count). The SMILES string of the molecule is NC(=O)c1cc(N)cnc1N(CCCO)C1CCC1. The molecule has 104 valence electrons. The summed E-state index contributed by atoms with van der Waals surface area (Å²) >= 11 is 0. The van der Waals surface area contributed by atoms with Gasteiger partial charge in [0.25, 0.3) is 5.91 Å². The molecule has 6 heteroatoms. The normalized spacial score (nSPS) is 15.0. The van der Waals surface area contributed by atoms with Gasteiger partial charge in [-0.05, 0) is 31.7 Å². The van der Waals surface area contributed by atoms with Gasteiger partial charge in [-0.25, -0.2) is 4.98 Å². The molecule has 0 spiro atoms. The minimum absolute atomic E-state index is 0.115. The van der Waals surface area contributed by atoms with Crippen molar-refractivity contribution in [2.45, 2.75) is 31.7 Å². The van der Waals surface area contributed by atoms with E-state index in [1.54, 1.807) is 6.07 Å². The first kappa shape index (κ1) is 13.6. The summed E-state index contributed by atoms with van der Waals surface area (Å²) in [6, 6.07) is 1.94. The Morgan fingerprint density at radius 1 is 1.53 bits per heavy atom. The van der Waals surface area contributed by atoms with Crippen LogP contribution < -0.4 is 16.4 Å². The van der Waals surface area contributed by atoms with Crippen molar-refractivity contribution < 1.29 is 9.90 Å². The van der Waals surface area contributed by atoms with Crippen LogP contribution in [0.15, 0.2) is 12.3 Å². The molecule has 1 aliphatic rings. The number of hydrogen-bond donors (Lipinski definition) is 3. The molecule has 1 amide bonds. The number of aliphatic hydroxyl groups is 1. The van der Waals surface area contributed by atoms with Crippen molar-refractivity contribution in [2.75, 3.05) is 23.8 Å². The highest BCUT2D eigenvalue weighted by atomic mass is 16.3. The van der Waals surface area contributed by atoms with Crippen LogP contribution in [0.3, 0.4) is 0 Å². The average Bonchev–Trinajstić information content (AvgIpc) is 2.32. The predicted molar refractivity (Wildman–Crippen MR) is 73.9 cm³/mol. The van der Waals surface area contributed by atoms with Gasteiger partial charge in [-0.15, -0.1) is 0 Å². The number of nitrogen functional groups attached to an aromatic ring is 1. The molecule has 6 nitrogen and oxygen atoms in total. The third-order valence-corrected chi connectivity index (χ3v) is 3.50. The molecular weight excluding hydrogens is 244 g/mol. The third-order valence-electron chi connectivity index (χ3n) is 3.50. The lowest BCUT2D eigenvalue weighted by Crippen LogP contribution is -2.42. The monoisotopic (exact) mass is 264 g/mol. The first-order valence-electron chi connectivity index (χ1n) is 6.56. The number of amides is 1. The summed E-state index contributed by atoms with van der Waals surface area (Å²) in [4.78, 5) is 17.9. The summed E-state index contributed by atoms with van der Waals surface area (Å²) in [6.45, 7) is 0.780. The summed E-state index contributed by atoms with van der Waals surface area (Å²) in [5, 5.41) is 9.00. The lowest BCUT2D eigenvalue weighted by Gasteiger charge is -2.39. The predicted octanol–water partition coefficient (Wildman–Crippen LogP) is 0.504. The first-order valence-corrected chi connectivity index (χ1v) is 6.56. The zero-order chi connectivity index (χ0) is 13.8. The molecule has 1 aliphatic carbocycles. The van der Waals surface area contributed by atoms with Crippen LogP contribution in [0.5, 0.6) is 0 Å². The van der Waals surface area contributed by atoms with E-state index < -0.39 is 5.91 Å². The Balaban J connectivity index is 2.31. The summed E-state index contributed by atoms with van der Waals surface area (Å²) in [5.41, 5.74) is 11.8. The molecule has 0 saturated heterocycles. The fraction of sp³-hybridized carbons (Fsp3) is 0.538. The van der Waals surface area contributed by atoms with Gasteiger partial charge < -0.3 is 21.5 Å². The number of hydrogen-bond acceptors (Lipinski definition) is 5. The summed E-state index contributed by atoms with van der Waals surface area (Å²) in [5.74, 6) is 0.0583. The maximum Gasteiger partial charge on any atom is 0.252 e. The number of nitrogens with zero attached hydrogens (tertiary/aromatic N) is 2. The van der Waals surface area contributed by atoms with Gasteiger partial charge in [-0.3, -0.25) is 4.79 Å². The summed E-state index contributed by atoms with van der Waals surface area (Å²) < 4.78 is 0. The van der Waals surface area contributed by atoms with Crippen LogP contribution in [0, 0.1) is 0 Å². The van der Waals surface area contributed by atoms with E-state index in [0.29, 0.717) is 36.1 Å². The lowest BCUT2D eigenvalue weighted by atomic mass is 9.91.